The summed E-state index contributed by atoms with van der Waals surface area (Å²) in [7, 11) is 1.61. The highest BCUT2D eigenvalue weighted by Crippen LogP contribution is 2.20. The van der Waals surface area contributed by atoms with Crippen molar-refractivity contribution in [2.75, 3.05) is 13.7 Å². The number of hydrogen-bond donors (Lipinski definition) is 1. The molecule has 5 nitrogen and oxygen atoms in total. The van der Waals surface area contributed by atoms with Gasteiger partial charge in [-0.3, -0.25) is 4.79 Å². The van der Waals surface area contributed by atoms with Crippen LogP contribution in [0.3, 0.4) is 0 Å². The average molecular weight is 305 g/mol. The molecule has 112 valence electrons. The lowest BCUT2D eigenvalue weighted by atomic mass is 10.2. The summed E-state index contributed by atoms with van der Waals surface area (Å²) in [6.07, 6.45) is 4.69. The van der Waals surface area contributed by atoms with Crippen molar-refractivity contribution in [3.05, 3.63) is 41.4 Å². The predicted molar refractivity (Wildman–Crippen MR) is 86.2 cm³/mol. The predicted octanol–water partition coefficient (Wildman–Crippen LogP) is 2.18. The molecule has 1 aliphatic rings. The number of ether oxygens (including phenoxy) is 1. The molecule has 2 rings (SSSR count). The maximum absolute atomic E-state index is 11.7. The Morgan fingerprint density at radius 2 is 2.43 bits per heavy atom. The molecular weight excluding hydrogens is 286 g/mol. The molecule has 0 saturated carbocycles. The minimum atomic E-state index is -0.123. The molecule has 1 aromatic carbocycles. The van der Waals surface area contributed by atoms with Crippen LogP contribution < -0.4 is 10.5 Å². The molecule has 0 aromatic heterocycles. The highest BCUT2D eigenvalue weighted by molar-refractivity contribution is 8.02. The molecule has 1 atom stereocenters. The van der Waals surface area contributed by atoms with Crippen LogP contribution in [0.25, 0.3) is 0 Å². The van der Waals surface area contributed by atoms with Crippen LogP contribution in [0, 0.1) is 0 Å². The highest BCUT2D eigenvalue weighted by Gasteiger charge is 2.14. The number of nitrogens with zero attached hydrogens (tertiary/aromatic N) is 2. The number of hydrogen-bond acceptors (Lipinski definition) is 5. The topological polar surface area (TPSA) is 67.9 Å². The molecule has 6 heteroatoms. The number of aliphatic imine (C=N–C) groups is 1. The number of thioether (sulfide) groups is 1. The van der Waals surface area contributed by atoms with Crippen molar-refractivity contribution in [2.45, 2.75) is 18.3 Å². The summed E-state index contributed by atoms with van der Waals surface area (Å²) < 4.78 is 5.12. The fourth-order valence-electron chi connectivity index (χ4n) is 1.90. The molecule has 21 heavy (non-hydrogen) atoms. The van der Waals surface area contributed by atoms with Crippen LogP contribution in [0.1, 0.15) is 18.4 Å². The number of benzene rings is 1. The lowest BCUT2D eigenvalue weighted by Gasteiger charge is -2.20. The monoisotopic (exact) mass is 305 g/mol. The highest BCUT2D eigenvalue weighted by atomic mass is 32.2. The number of nitrogens with two attached hydrogens (primary N) is 1. The van der Waals surface area contributed by atoms with Gasteiger partial charge in [-0.15, -0.1) is 0 Å². The second-order valence-corrected chi connectivity index (χ2v) is 5.61. The van der Waals surface area contributed by atoms with Crippen LogP contribution in [0.15, 0.2) is 40.9 Å². The Balaban J connectivity index is 1.75. The number of methoxy groups -OCH3 is 1. The number of rotatable bonds is 6. The lowest BCUT2D eigenvalue weighted by molar-refractivity contribution is -0.117. The van der Waals surface area contributed by atoms with Crippen LogP contribution in [0.2, 0.25) is 0 Å². The zero-order valence-electron chi connectivity index (χ0n) is 11.9. The molecule has 0 fully saturated rings. The van der Waals surface area contributed by atoms with Gasteiger partial charge in [0.25, 0.3) is 0 Å². The second kappa shape index (κ2) is 7.85. The van der Waals surface area contributed by atoms with Gasteiger partial charge in [0, 0.05) is 25.4 Å². The fraction of sp³-hybridized carbons (Fsp3) is 0.333. The van der Waals surface area contributed by atoms with E-state index in [9.17, 15) is 4.79 Å². The Hall–Kier alpha value is -1.79. The minimum Gasteiger partial charge on any atom is -0.497 e. The van der Waals surface area contributed by atoms with Gasteiger partial charge in [0.05, 0.1) is 7.11 Å². The standard InChI is InChI=1S/C15H19N3O2S/c1-20-13-5-2-4-12(10-13)11-17-14(19)6-3-7-18-8-9-21-15(18)16/h2,4-5,8-11,15H,3,6-7,16H2,1H3. The van der Waals surface area contributed by atoms with E-state index in [4.69, 9.17) is 10.5 Å². The van der Waals surface area contributed by atoms with E-state index in [0.717, 1.165) is 24.3 Å². The Labute approximate surface area is 128 Å². The summed E-state index contributed by atoms with van der Waals surface area (Å²) >= 11 is 1.57. The van der Waals surface area contributed by atoms with Crippen molar-refractivity contribution in [1.29, 1.82) is 0 Å². The second-order valence-electron chi connectivity index (χ2n) is 4.58. The summed E-state index contributed by atoms with van der Waals surface area (Å²) in [5.74, 6) is 0.626. The molecule has 1 unspecified atom stereocenters. The molecule has 0 saturated heterocycles. The zero-order chi connectivity index (χ0) is 15.1. The molecule has 0 bridgehead atoms. The smallest absolute Gasteiger partial charge is 0.245 e. The van der Waals surface area contributed by atoms with Gasteiger partial charge < -0.3 is 15.4 Å². The minimum absolute atomic E-state index is 0.0274. The lowest BCUT2D eigenvalue weighted by Crippen LogP contribution is -2.33. The quantitative estimate of drug-likeness (QED) is 0.816. The third-order valence-corrected chi connectivity index (χ3v) is 3.88. The van der Waals surface area contributed by atoms with E-state index in [1.807, 2.05) is 40.8 Å². The molecule has 0 aliphatic carbocycles. The van der Waals surface area contributed by atoms with Gasteiger partial charge in [-0.2, -0.15) is 0 Å². The molecule has 0 spiro atoms. The maximum Gasteiger partial charge on any atom is 0.245 e. The molecule has 1 heterocycles. The first-order chi connectivity index (χ1) is 10.2. The van der Waals surface area contributed by atoms with Gasteiger partial charge in [0.2, 0.25) is 5.91 Å². The molecule has 0 radical (unpaired) electrons. The summed E-state index contributed by atoms with van der Waals surface area (Å²) in [6.45, 7) is 0.769. The van der Waals surface area contributed by atoms with Crippen molar-refractivity contribution in [1.82, 2.24) is 4.90 Å². The summed E-state index contributed by atoms with van der Waals surface area (Å²) in [4.78, 5) is 17.7. The maximum atomic E-state index is 11.7. The SMILES string of the molecule is COc1cccc(C=NC(=O)CCCN2C=CSC2N)c1. The first-order valence-corrected chi connectivity index (χ1v) is 7.68. The number of amides is 1. The van der Waals surface area contributed by atoms with Crippen molar-refractivity contribution in [3.63, 3.8) is 0 Å². The number of carbonyl (C=O) groups excluding carboxylic acids is 1. The summed E-state index contributed by atoms with van der Waals surface area (Å²) in [5.41, 5.74) is 6.68. The van der Waals surface area contributed by atoms with E-state index in [2.05, 4.69) is 4.99 Å². The van der Waals surface area contributed by atoms with Crippen LogP contribution in [0.4, 0.5) is 0 Å². The van der Waals surface area contributed by atoms with Gasteiger partial charge in [0.15, 0.2) is 0 Å². The average Bonchev–Trinajstić information content (AvgIpc) is 2.91. The third kappa shape index (κ3) is 4.91. The normalized spacial score (nSPS) is 17.6. The largest absolute Gasteiger partial charge is 0.497 e. The molecule has 1 amide bonds. The van der Waals surface area contributed by atoms with Crippen molar-refractivity contribution < 1.29 is 9.53 Å². The third-order valence-electron chi connectivity index (χ3n) is 3.06. The number of carbonyl (C=O) groups is 1. The van der Waals surface area contributed by atoms with E-state index in [-0.39, 0.29) is 11.4 Å². The van der Waals surface area contributed by atoms with E-state index >= 15 is 0 Å². The van der Waals surface area contributed by atoms with E-state index in [0.29, 0.717) is 6.42 Å². The molecule has 2 N–H and O–H groups in total. The summed E-state index contributed by atoms with van der Waals surface area (Å²) in [5, 5.41) is 1.97. The van der Waals surface area contributed by atoms with Crippen LogP contribution in [-0.2, 0) is 4.79 Å². The van der Waals surface area contributed by atoms with Gasteiger partial charge in [0.1, 0.15) is 11.2 Å². The summed E-state index contributed by atoms with van der Waals surface area (Å²) in [6, 6.07) is 7.43. The molecule has 1 aliphatic heterocycles. The first-order valence-electron chi connectivity index (χ1n) is 6.73. The van der Waals surface area contributed by atoms with Gasteiger partial charge in [-0.05, 0) is 29.5 Å². The van der Waals surface area contributed by atoms with E-state index < -0.39 is 0 Å². The Morgan fingerprint density at radius 1 is 1.57 bits per heavy atom. The Kier molecular flexibility index (Phi) is 5.83. The zero-order valence-corrected chi connectivity index (χ0v) is 12.8. The molecule has 1 aromatic rings. The fourth-order valence-corrected chi connectivity index (χ4v) is 2.62. The Morgan fingerprint density at radius 3 is 3.14 bits per heavy atom. The van der Waals surface area contributed by atoms with Gasteiger partial charge >= 0.3 is 0 Å². The van der Waals surface area contributed by atoms with Crippen LogP contribution in [-0.4, -0.2) is 36.2 Å². The van der Waals surface area contributed by atoms with Crippen LogP contribution >= 0.6 is 11.8 Å². The van der Waals surface area contributed by atoms with Gasteiger partial charge in [-0.25, -0.2) is 4.99 Å². The van der Waals surface area contributed by atoms with Crippen molar-refractivity contribution in [3.8, 4) is 5.75 Å². The molecular formula is C15H19N3O2S. The van der Waals surface area contributed by atoms with Crippen LogP contribution in [0.5, 0.6) is 5.75 Å². The van der Waals surface area contributed by atoms with Crippen molar-refractivity contribution >= 4 is 23.9 Å². The first kappa shape index (κ1) is 15.6. The van der Waals surface area contributed by atoms with Gasteiger partial charge in [-0.1, -0.05) is 23.9 Å². The Bertz CT molecular complexity index is 545. The van der Waals surface area contributed by atoms with Crippen molar-refractivity contribution in [2.24, 2.45) is 10.7 Å². The van der Waals surface area contributed by atoms with E-state index in [1.165, 1.54) is 0 Å². The van der Waals surface area contributed by atoms with E-state index in [1.54, 1.807) is 25.1 Å².